The van der Waals surface area contributed by atoms with E-state index >= 15 is 0 Å². The fourth-order valence-corrected chi connectivity index (χ4v) is 5.10. The van der Waals surface area contributed by atoms with E-state index in [0.717, 1.165) is 25.7 Å². The zero-order valence-corrected chi connectivity index (χ0v) is 25.2. The predicted molar refractivity (Wildman–Crippen MR) is 172 cm³/mol. The minimum Gasteiger partial charge on any atom is -0.490 e. The van der Waals surface area contributed by atoms with Crippen LogP contribution in [0.5, 0.6) is 17.4 Å². The highest BCUT2D eigenvalue weighted by molar-refractivity contribution is 6.01. The lowest BCUT2D eigenvalue weighted by Gasteiger charge is -2.29. The molecule has 4 aromatic rings. The van der Waals surface area contributed by atoms with Gasteiger partial charge in [-0.1, -0.05) is 18.2 Å². The van der Waals surface area contributed by atoms with Gasteiger partial charge in [0.15, 0.2) is 5.78 Å². The molecule has 46 heavy (non-hydrogen) atoms. The lowest BCUT2D eigenvalue weighted by Crippen LogP contribution is -2.41. The molecular formula is C35H34N4O7. The Morgan fingerprint density at radius 1 is 0.826 bits per heavy atom. The first-order valence-corrected chi connectivity index (χ1v) is 14.9. The van der Waals surface area contributed by atoms with Gasteiger partial charge in [0.05, 0.1) is 23.8 Å². The van der Waals surface area contributed by atoms with Crippen LogP contribution in [0, 0.1) is 0 Å². The van der Waals surface area contributed by atoms with Crippen LogP contribution in [0.1, 0.15) is 58.9 Å². The normalized spacial score (nSPS) is 15.7. The topological polar surface area (TPSA) is 156 Å². The number of amides is 3. The van der Waals surface area contributed by atoms with Crippen LogP contribution >= 0.6 is 0 Å². The number of carboxylic acid groups (broad SMARTS) is 1. The molecule has 0 bridgehead atoms. The molecule has 0 unspecified atom stereocenters. The van der Waals surface area contributed by atoms with Gasteiger partial charge < -0.3 is 30.5 Å². The Bertz CT molecular complexity index is 1680. The number of hydrogen-bond donors (Lipinski definition) is 4. The summed E-state index contributed by atoms with van der Waals surface area (Å²) in [6, 6.07) is 23.4. The number of rotatable bonds is 11. The van der Waals surface area contributed by atoms with Gasteiger partial charge in [-0.25, -0.2) is 14.6 Å². The van der Waals surface area contributed by atoms with E-state index in [2.05, 4.69) is 20.9 Å². The Balaban J connectivity index is 1.03. The number of pyridine rings is 1. The number of para-hydroxylation sites is 1. The van der Waals surface area contributed by atoms with Crippen LogP contribution in [-0.2, 0) is 11.2 Å². The molecule has 11 heteroatoms. The van der Waals surface area contributed by atoms with Crippen molar-refractivity contribution >= 4 is 35.1 Å². The van der Waals surface area contributed by atoms with Crippen molar-refractivity contribution in [3.63, 3.8) is 0 Å². The quantitative estimate of drug-likeness (QED) is 0.139. The van der Waals surface area contributed by atoms with Gasteiger partial charge in [-0.2, -0.15) is 0 Å². The van der Waals surface area contributed by atoms with Crippen LogP contribution in [0.15, 0.2) is 91.1 Å². The summed E-state index contributed by atoms with van der Waals surface area (Å²) in [5.41, 5.74) is 2.13. The lowest BCUT2D eigenvalue weighted by atomic mass is 9.93. The van der Waals surface area contributed by atoms with Crippen LogP contribution in [-0.4, -0.2) is 45.9 Å². The van der Waals surface area contributed by atoms with Gasteiger partial charge >= 0.3 is 12.0 Å². The molecule has 3 amide bonds. The second kappa shape index (κ2) is 14.8. The summed E-state index contributed by atoms with van der Waals surface area (Å²) in [5, 5.41) is 17.7. The minimum atomic E-state index is -1.12. The Kier molecular flexibility index (Phi) is 10.2. The molecule has 0 spiro atoms. The number of Topliss-reactive ketones (excluding diaryl/α,β-unsaturated/α-hetero) is 1. The van der Waals surface area contributed by atoms with Gasteiger partial charge in [-0.15, -0.1) is 0 Å². The highest BCUT2D eigenvalue weighted by Crippen LogP contribution is 2.27. The summed E-state index contributed by atoms with van der Waals surface area (Å²) in [6.07, 6.45) is 4.79. The van der Waals surface area contributed by atoms with Crippen LogP contribution in [0.4, 0.5) is 16.2 Å². The van der Waals surface area contributed by atoms with E-state index in [0.29, 0.717) is 34.2 Å². The number of benzene rings is 3. The third-order valence-corrected chi connectivity index (χ3v) is 7.50. The molecule has 1 aliphatic rings. The van der Waals surface area contributed by atoms with Crippen molar-refractivity contribution in [3.05, 3.63) is 108 Å². The summed E-state index contributed by atoms with van der Waals surface area (Å²) in [7, 11) is 0. The molecule has 0 atom stereocenters. The smallest absolute Gasteiger partial charge is 0.337 e. The molecule has 11 nitrogen and oxygen atoms in total. The van der Waals surface area contributed by atoms with Gasteiger partial charge in [0.2, 0.25) is 11.8 Å². The first kappa shape index (κ1) is 31.7. The SMILES string of the molecule is CC(=O)c1ccc(NC(=O)NC2CCC(Oc3ccc(Oc4ccc(CC(=O)Nc5ccccc5C(=O)O)cn4)cc3)CC2)cc1. The maximum Gasteiger partial charge on any atom is 0.337 e. The van der Waals surface area contributed by atoms with E-state index in [1.54, 1.807) is 66.7 Å². The lowest BCUT2D eigenvalue weighted by molar-refractivity contribution is -0.115. The van der Waals surface area contributed by atoms with E-state index < -0.39 is 5.97 Å². The van der Waals surface area contributed by atoms with E-state index in [9.17, 15) is 24.3 Å². The Morgan fingerprint density at radius 3 is 2.17 bits per heavy atom. The van der Waals surface area contributed by atoms with Gasteiger partial charge in [-0.05, 0) is 98.8 Å². The van der Waals surface area contributed by atoms with Crippen molar-refractivity contribution in [2.45, 2.75) is 51.2 Å². The maximum atomic E-state index is 12.4. The molecule has 1 saturated carbocycles. The molecular weight excluding hydrogens is 588 g/mol. The van der Waals surface area contributed by atoms with Gasteiger partial charge in [0, 0.05) is 29.6 Å². The van der Waals surface area contributed by atoms with E-state index in [4.69, 9.17) is 9.47 Å². The van der Waals surface area contributed by atoms with Crippen molar-refractivity contribution in [1.29, 1.82) is 0 Å². The van der Waals surface area contributed by atoms with Crippen LogP contribution < -0.4 is 25.4 Å². The largest absolute Gasteiger partial charge is 0.490 e. The van der Waals surface area contributed by atoms with E-state index in [1.165, 1.54) is 19.2 Å². The fourth-order valence-electron chi connectivity index (χ4n) is 5.10. The molecule has 3 aromatic carbocycles. The number of anilines is 2. The second-order valence-corrected chi connectivity index (χ2v) is 11.0. The molecule has 1 aromatic heterocycles. The first-order valence-electron chi connectivity index (χ1n) is 14.9. The van der Waals surface area contributed by atoms with Crippen LogP contribution in [0.25, 0.3) is 0 Å². The number of carboxylic acids is 1. The van der Waals surface area contributed by atoms with Crippen LogP contribution in [0.3, 0.4) is 0 Å². The highest BCUT2D eigenvalue weighted by Gasteiger charge is 2.24. The summed E-state index contributed by atoms with van der Waals surface area (Å²) in [6.45, 7) is 1.50. The monoisotopic (exact) mass is 622 g/mol. The fraction of sp³-hybridized carbons (Fsp3) is 0.229. The van der Waals surface area contributed by atoms with E-state index in [-0.39, 0.29) is 47.5 Å². The summed E-state index contributed by atoms with van der Waals surface area (Å²) >= 11 is 0. The molecule has 1 fully saturated rings. The summed E-state index contributed by atoms with van der Waals surface area (Å²) < 4.78 is 12.0. The Morgan fingerprint density at radius 2 is 1.52 bits per heavy atom. The van der Waals surface area contributed by atoms with Crippen molar-refractivity contribution in [2.75, 3.05) is 10.6 Å². The van der Waals surface area contributed by atoms with Crippen molar-refractivity contribution in [3.8, 4) is 17.4 Å². The Labute approximate surface area is 266 Å². The molecule has 5 rings (SSSR count). The number of aromatic nitrogens is 1. The number of ketones is 1. The van der Waals surface area contributed by atoms with Gasteiger partial charge in [0.25, 0.3) is 0 Å². The number of carbonyl (C=O) groups excluding carboxylic acids is 3. The molecule has 4 N–H and O–H groups in total. The van der Waals surface area contributed by atoms with Crippen LogP contribution in [0.2, 0.25) is 0 Å². The minimum absolute atomic E-state index is 0.0205. The van der Waals surface area contributed by atoms with E-state index in [1.807, 2.05) is 12.1 Å². The van der Waals surface area contributed by atoms with Crippen molar-refractivity contribution in [1.82, 2.24) is 10.3 Å². The Hall–Kier alpha value is -5.71. The molecule has 0 aliphatic heterocycles. The third-order valence-electron chi connectivity index (χ3n) is 7.50. The highest BCUT2D eigenvalue weighted by atomic mass is 16.5. The number of aromatic carboxylic acids is 1. The standard InChI is InChI=1S/C35H34N4O7/c1-22(40)24-7-9-25(10-8-24)37-35(44)38-26-11-13-27(14-12-26)45-28-15-17-29(18-16-28)46-33-19-6-23(21-36-33)20-32(41)39-31-5-3-2-4-30(31)34(42)43/h2-10,15-19,21,26-27H,11-14,20H2,1H3,(H,39,41)(H,42,43)(H2,37,38,44). The van der Waals surface area contributed by atoms with Crippen molar-refractivity contribution < 1.29 is 33.8 Å². The predicted octanol–water partition coefficient (Wildman–Crippen LogP) is 6.47. The maximum absolute atomic E-state index is 12.4. The third kappa shape index (κ3) is 8.91. The zero-order valence-electron chi connectivity index (χ0n) is 25.2. The van der Waals surface area contributed by atoms with Gasteiger partial charge in [-0.3, -0.25) is 9.59 Å². The molecule has 236 valence electrons. The average Bonchev–Trinajstić information content (AvgIpc) is 3.04. The summed E-state index contributed by atoms with van der Waals surface area (Å²) in [4.78, 5) is 51.9. The number of urea groups is 1. The second-order valence-electron chi connectivity index (χ2n) is 11.0. The number of hydrogen-bond acceptors (Lipinski definition) is 7. The number of nitrogens with zero attached hydrogens (tertiary/aromatic N) is 1. The zero-order chi connectivity index (χ0) is 32.5. The van der Waals surface area contributed by atoms with Crippen molar-refractivity contribution in [2.24, 2.45) is 0 Å². The van der Waals surface area contributed by atoms with Gasteiger partial charge in [0.1, 0.15) is 11.5 Å². The molecule has 0 saturated heterocycles. The summed E-state index contributed by atoms with van der Waals surface area (Å²) in [5.74, 6) is 0.152. The number of ether oxygens (including phenoxy) is 2. The molecule has 1 heterocycles. The average molecular weight is 623 g/mol. The number of nitrogens with one attached hydrogen (secondary N) is 3. The molecule has 1 aliphatic carbocycles. The molecule has 0 radical (unpaired) electrons. The number of carbonyl (C=O) groups is 4. The first-order chi connectivity index (χ1) is 22.2.